The molecule has 0 aliphatic rings. The van der Waals surface area contributed by atoms with Crippen molar-refractivity contribution in [2.24, 2.45) is 0 Å². The van der Waals surface area contributed by atoms with Gasteiger partial charge in [0.15, 0.2) is 0 Å². The zero-order valence-electron chi connectivity index (χ0n) is 23.7. The molecule has 0 aliphatic carbocycles. The van der Waals surface area contributed by atoms with Crippen LogP contribution < -0.4 is 4.74 Å². The molecule has 0 amide bonds. The zero-order chi connectivity index (χ0) is 30.8. The molecule has 10 heteroatoms. The summed E-state index contributed by atoms with van der Waals surface area (Å²) < 4.78 is 80.7. The maximum atomic E-state index is 13.0. The van der Waals surface area contributed by atoms with Crippen LogP contribution in [0.3, 0.4) is 0 Å². The van der Waals surface area contributed by atoms with Gasteiger partial charge in [-0.1, -0.05) is 61.5 Å². The summed E-state index contributed by atoms with van der Waals surface area (Å²) in [5.41, 5.74) is 5.33. The van der Waals surface area contributed by atoms with Gasteiger partial charge in [0, 0.05) is 41.8 Å². The van der Waals surface area contributed by atoms with E-state index in [0.29, 0.717) is 25.4 Å². The van der Waals surface area contributed by atoms with E-state index in [-0.39, 0.29) is 17.3 Å². The van der Waals surface area contributed by atoms with Crippen LogP contribution in [0.5, 0.6) is 11.5 Å². The molecule has 0 spiro atoms. The smallest absolute Gasteiger partial charge is 0.453 e. The van der Waals surface area contributed by atoms with Crippen LogP contribution in [0.25, 0.3) is 11.1 Å². The number of benzene rings is 3. The average Bonchev–Trinajstić information content (AvgIpc) is 2.96. The van der Waals surface area contributed by atoms with Crippen LogP contribution in [-0.2, 0) is 10.8 Å². The van der Waals surface area contributed by atoms with Gasteiger partial charge in [-0.3, -0.25) is 4.21 Å². The lowest BCUT2D eigenvalue weighted by atomic mass is 9.88. The highest BCUT2D eigenvalue weighted by atomic mass is 32.2. The summed E-state index contributed by atoms with van der Waals surface area (Å²) in [6.45, 7) is 3.37. The molecule has 3 aromatic rings. The molecule has 0 aliphatic heterocycles. The average molecular weight is 610 g/mol. The van der Waals surface area contributed by atoms with Crippen molar-refractivity contribution in [3.8, 4) is 11.5 Å². The molecule has 4 nitrogen and oxygen atoms in total. The van der Waals surface area contributed by atoms with E-state index in [1.54, 1.807) is 19.2 Å². The Morgan fingerprint density at radius 1 is 0.833 bits per heavy atom. The summed E-state index contributed by atoms with van der Waals surface area (Å²) >= 11 is 0. The Morgan fingerprint density at radius 3 is 2.00 bits per heavy atom. The van der Waals surface area contributed by atoms with Crippen molar-refractivity contribution in [2.45, 2.75) is 38.3 Å². The number of likely N-dealkylation sites (N-methyl/N-ethyl adjacent to an activating group) is 1. The van der Waals surface area contributed by atoms with E-state index >= 15 is 0 Å². The fourth-order valence-electron chi connectivity index (χ4n) is 4.41. The third kappa shape index (κ3) is 9.66. The fraction of sp³-hybridized carbons (Fsp3) is 0.375. The van der Waals surface area contributed by atoms with E-state index in [1.807, 2.05) is 59.5 Å². The molecule has 3 aromatic carbocycles. The SMILES string of the molecule is CC/C(=C(/c1ccc(O)cc1)c1ccc(OCCN(C)CCS(=O)CCCC(F)(F)C(F)(F)F)cc1)c1ccccc1. The molecular formula is C32H36F5NO3S. The maximum Gasteiger partial charge on any atom is 0.453 e. The minimum absolute atomic E-state index is 0.177. The van der Waals surface area contributed by atoms with E-state index in [4.69, 9.17) is 4.74 Å². The number of phenolic OH excluding ortho intramolecular Hbond substituents is 1. The van der Waals surface area contributed by atoms with Crippen LogP contribution in [0.2, 0.25) is 0 Å². The van der Waals surface area contributed by atoms with Gasteiger partial charge in [0.05, 0.1) is 0 Å². The first-order valence-electron chi connectivity index (χ1n) is 13.7. The van der Waals surface area contributed by atoms with E-state index in [9.17, 15) is 31.3 Å². The van der Waals surface area contributed by atoms with Gasteiger partial charge in [-0.15, -0.1) is 0 Å². The van der Waals surface area contributed by atoms with Crippen LogP contribution >= 0.6 is 0 Å². The van der Waals surface area contributed by atoms with Crippen LogP contribution in [0.15, 0.2) is 78.9 Å². The molecule has 0 aromatic heterocycles. The highest BCUT2D eigenvalue weighted by Crippen LogP contribution is 2.39. The molecule has 0 radical (unpaired) electrons. The van der Waals surface area contributed by atoms with Crippen LogP contribution in [0, 0.1) is 0 Å². The number of aromatic hydroxyl groups is 1. The van der Waals surface area contributed by atoms with Gasteiger partial charge in [0.25, 0.3) is 0 Å². The molecule has 1 unspecified atom stereocenters. The van der Waals surface area contributed by atoms with Gasteiger partial charge in [0.1, 0.15) is 18.1 Å². The monoisotopic (exact) mass is 609 g/mol. The second-order valence-electron chi connectivity index (χ2n) is 9.95. The highest BCUT2D eigenvalue weighted by Gasteiger charge is 2.56. The molecule has 0 heterocycles. The van der Waals surface area contributed by atoms with Crippen molar-refractivity contribution in [2.75, 3.05) is 38.2 Å². The number of rotatable bonds is 15. The van der Waals surface area contributed by atoms with E-state index in [1.165, 1.54) is 5.57 Å². The predicted octanol–water partition coefficient (Wildman–Crippen LogP) is 7.80. The Kier molecular flexibility index (Phi) is 12.1. The fourth-order valence-corrected chi connectivity index (χ4v) is 5.60. The first kappa shape index (κ1) is 33.3. The zero-order valence-corrected chi connectivity index (χ0v) is 24.5. The van der Waals surface area contributed by atoms with Crippen LogP contribution in [-0.4, -0.2) is 64.6 Å². The van der Waals surface area contributed by atoms with Gasteiger partial charge < -0.3 is 14.7 Å². The lowest BCUT2D eigenvalue weighted by molar-refractivity contribution is -0.284. The predicted molar refractivity (Wildman–Crippen MR) is 158 cm³/mol. The van der Waals surface area contributed by atoms with Crippen LogP contribution in [0.1, 0.15) is 42.9 Å². The van der Waals surface area contributed by atoms with Crippen molar-refractivity contribution in [1.29, 1.82) is 0 Å². The number of hydrogen-bond donors (Lipinski definition) is 1. The summed E-state index contributed by atoms with van der Waals surface area (Å²) in [5, 5.41) is 9.82. The van der Waals surface area contributed by atoms with E-state index in [2.05, 4.69) is 19.1 Å². The summed E-state index contributed by atoms with van der Waals surface area (Å²) in [4.78, 5) is 1.87. The van der Waals surface area contributed by atoms with Crippen molar-refractivity contribution in [1.82, 2.24) is 4.90 Å². The van der Waals surface area contributed by atoms with Gasteiger partial charge in [-0.2, -0.15) is 22.0 Å². The highest BCUT2D eigenvalue weighted by molar-refractivity contribution is 7.84. The molecule has 1 N–H and O–H groups in total. The Morgan fingerprint density at radius 2 is 1.43 bits per heavy atom. The Hall–Kier alpha value is -3.24. The number of ether oxygens (including phenoxy) is 1. The van der Waals surface area contributed by atoms with Crippen molar-refractivity contribution >= 4 is 21.9 Å². The van der Waals surface area contributed by atoms with Gasteiger partial charge in [0.2, 0.25) is 0 Å². The topological polar surface area (TPSA) is 49.8 Å². The number of allylic oxidation sites excluding steroid dienone is 1. The Balaban J connectivity index is 1.55. The largest absolute Gasteiger partial charge is 0.508 e. The molecule has 42 heavy (non-hydrogen) atoms. The first-order chi connectivity index (χ1) is 19.9. The maximum absolute atomic E-state index is 13.0. The first-order valence-corrected chi connectivity index (χ1v) is 15.2. The van der Waals surface area contributed by atoms with Gasteiger partial charge in [-0.25, -0.2) is 0 Å². The number of phenols is 1. The summed E-state index contributed by atoms with van der Waals surface area (Å²) in [6, 6.07) is 25.0. The number of halogens is 5. The lowest BCUT2D eigenvalue weighted by Crippen LogP contribution is -2.36. The van der Waals surface area contributed by atoms with E-state index < -0.39 is 35.7 Å². The normalized spacial score (nSPS) is 13.6. The molecule has 0 saturated carbocycles. The van der Waals surface area contributed by atoms with E-state index in [0.717, 1.165) is 28.7 Å². The molecular weight excluding hydrogens is 573 g/mol. The van der Waals surface area contributed by atoms with Gasteiger partial charge in [-0.05, 0) is 72.0 Å². The van der Waals surface area contributed by atoms with Crippen LogP contribution in [0.4, 0.5) is 22.0 Å². The second kappa shape index (κ2) is 15.3. The minimum atomic E-state index is -5.58. The third-order valence-electron chi connectivity index (χ3n) is 6.80. The second-order valence-corrected chi connectivity index (χ2v) is 11.6. The number of hydrogen-bond acceptors (Lipinski definition) is 4. The molecule has 0 saturated heterocycles. The molecule has 228 valence electrons. The van der Waals surface area contributed by atoms with Gasteiger partial charge >= 0.3 is 12.1 Å². The minimum Gasteiger partial charge on any atom is -0.508 e. The summed E-state index contributed by atoms with van der Waals surface area (Å²) in [7, 11) is 0.309. The molecule has 3 rings (SSSR count). The van der Waals surface area contributed by atoms with Crippen molar-refractivity contribution in [3.63, 3.8) is 0 Å². The Bertz CT molecular complexity index is 1310. The van der Waals surface area contributed by atoms with Crippen molar-refractivity contribution < 1.29 is 36.0 Å². The molecule has 1 atom stereocenters. The summed E-state index contributed by atoms with van der Waals surface area (Å²) in [6.07, 6.45) is -6.60. The lowest BCUT2D eigenvalue weighted by Gasteiger charge is -2.19. The molecule has 0 bridgehead atoms. The summed E-state index contributed by atoms with van der Waals surface area (Å²) in [5.74, 6) is -3.92. The molecule has 0 fully saturated rings. The third-order valence-corrected chi connectivity index (χ3v) is 8.18. The number of nitrogens with zero attached hydrogens (tertiary/aromatic N) is 1. The Labute approximate surface area is 246 Å². The standard InChI is InChI=1S/C32H36F5NO3S/c1-3-29(24-8-5-4-6-9-24)30(25-10-14-27(39)15-11-25)26-12-16-28(17-13-26)41-21-19-38(2)20-23-42(40)22-7-18-31(33,34)32(35,36)37/h4-6,8-17,39H,3,7,18-23H2,1-2H3/b30-29+. The van der Waals surface area contributed by atoms with Crippen molar-refractivity contribution in [3.05, 3.63) is 95.6 Å². The number of alkyl halides is 5. The quantitative estimate of drug-likeness (QED) is 0.141.